The molecule has 4 aromatic carbocycles. The largest absolute Gasteiger partial charge is 0.506 e. The number of aryl methyl sites for hydroxylation is 1. The molecule has 57 heavy (non-hydrogen) atoms. The van der Waals surface area contributed by atoms with Crippen molar-refractivity contribution in [3.8, 4) is 17.2 Å². The van der Waals surface area contributed by atoms with Crippen molar-refractivity contribution in [2.45, 2.75) is 81.4 Å². The van der Waals surface area contributed by atoms with Crippen molar-refractivity contribution >= 4 is 33.4 Å². The zero-order valence-electron chi connectivity index (χ0n) is 31.5. The second kappa shape index (κ2) is 14.7. The Morgan fingerprint density at radius 1 is 1.05 bits per heavy atom. The van der Waals surface area contributed by atoms with Gasteiger partial charge in [0.1, 0.15) is 35.6 Å². The molecule has 7 atom stereocenters. The lowest BCUT2D eigenvalue weighted by Crippen LogP contribution is -2.69. The number of hydrogen-bond donors (Lipinski definition) is 6. The van der Waals surface area contributed by atoms with Crippen molar-refractivity contribution < 1.29 is 54.1 Å². The fraction of sp³-hybridized carbons (Fsp3) is 0.409. The number of Topliss-reactive ketones (excluding diaryl/α,β-unsaturated/α-hetero) is 1. The Kier molecular flexibility index (Phi) is 9.70. The van der Waals surface area contributed by atoms with Gasteiger partial charge in [0.2, 0.25) is 6.29 Å². The number of carbonyl (C=O) groups is 2. The molecule has 1 saturated heterocycles. The lowest BCUT2D eigenvalue weighted by Gasteiger charge is -2.47. The molecule has 1 saturated carbocycles. The predicted octanol–water partition coefficient (Wildman–Crippen LogP) is 4.47. The number of aromatic nitrogens is 1. The number of ketones is 1. The van der Waals surface area contributed by atoms with Gasteiger partial charge >= 0.3 is 0 Å². The molecule has 13 nitrogen and oxygen atoms in total. The molecule has 0 unspecified atom stereocenters. The van der Waals surface area contributed by atoms with Crippen molar-refractivity contribution in [2.75, 3.05) is 26.9 Å². The number of amides is 1. The van der Waals surface area contributed by atoms with Gasteiger partial charge in [-0.3, -0.25) is 9.59 Å². The van der Waals surface area contributed by atoms with Crippen molar-refractivity contribution in [3.63, 3.8) is 0 Å². The molecule has 2 aliphatic carbocycles. The highest BCUT2D eigenvalue weighted by Crippen LogP contribution is 2.54. The number of fused-ring (bicyclic) bond motifs is 7. The number of aliphatic hydroxyl groups is 4. The number of aromatic hydroxyl groups is 1. The van der Waals surface area contributed by atoms with E-state index in [-0.39, 0.29) is 60.6 Å². The molecule has 6 N–H and O–H groups in total. The van der Waals surface area contributed by atoms with Gasteiger partial charge in [-0.25, -0.2) is 0 Å². The molecular formula is C44H46N2O11. The number of para-hydroxylation sites is 1. The van der Waals surface area contributed by atoms with E-state index in [0.29, 0.717) is 29.0 Å². The first-order valence-electron chi connectivity index (χ1n) is 19.5. The number of rotatable bonds is 11. The fourth-order valence-electron chi connectivity index (χ4n) is 9.66. The minimum atomic E-state index is -2.52. The number of ether oxygens (including phenoxy) is 4. The smallest absolute Gasteiger partial charge is 0.254 e. The van der Waals surface area contributed by atoms with Crippen LogP contribution >= 0.6 is 0 Å². The van der Waals surface area contributed by atoms with Crippen LogP contribution in [0.4, 0.5) is 0 Å². The summed E-state index contributed by atoms with van der Waals surface area (Å²) in [6.45, 7) is -1.09. The summed E-state index contributed by atoms with van der Waals surface area (Å²) < 4.78 is 24.1. The van der Waals surface area contributed by atoms with Crippen LogP contribution in [0.3, 0.4) is 0 Å². The van der Waals surface area contributed by atoms with Gasteiger partial charge in [-0.15, -0.1) is 0 Å². The van der Waals surface area contributed by atoms with Gasteiger partial charge in [-0.1, -0.05) is 42.8 Å². The highest BCUT2D eigenvalue weighted by Gasteiger charge is 2.56. The molecule has 2 aliphatic heterocycles. The Balaban J connectivity index is 1.08. The van der Waals surface area contributed by atoms with E-state index in [1.54, 1.807) is 18.2 Å². The highest BCUT2D eigenvalue weighted by atomic mass is 16.7. The van der Waals surface area contributed by atoms with Crippen LogP contribution in [0, 0.1) is 5.92 Å². The molecule has 9 rings (SSSR count). The number of H-pyrrole nitrogens is 1. The molecule has 5 aromatic rings. The van der Waals surface area contributed by atoms with Crippen LogP contribution in [0.1, 0.15) is 74.6 Å². The third-order valence-electron chi connectivity index (χ3n) is 12.6. The van der Waals surface area contributed by atoms with E-state index in [2.05, 4.69) is 4.98 Å². The third-order valence-corrected chi connectivity index (χ3v) is 12.6. The number of aliphatic hydroxyl groups excluding tert-OH is 3. The first kappa shape index (κ1) is 37.6. The number of methoxy groups -OCH3 is 1. The second-order valence-electron chi connectivity index (χ2n) is 15.8. The molecule has 298 valence electrons. The lowest BCUT2D eigenvalue weighted by molar-refractivity contribution is -0.329. The number of aromatic amines is 1. The summed E-state index contributed by atoms with van der Waals surface area (Å²) in [5, 5.41) is 58.6. The molecular weight excluding hydrogens is 732 g/mol. The minimum Gasteiger partial charge on any atom is -0.506 e. The van der Waals surface area contributed by atoms with E-state index < -0.39 is 42.6 Å². The molecule has 1 amide bonds. The van der Waals surface area contributed by atoms with E-state index in [1.807, 2.05) is 42.6 Å². The summed E-state index contributed by atoms with van der Waals surface area (Å²) in [6.07, 6.45) is -0.403. The van der Waals surface area contributed by atoms with Crippen LogP contribution in [0.25, 0.3) is 21.7 Å². The minimum absolute atomic E-state index is 0.0351. The lowest BCUT2D eigenvalue weighted by atomic mass is 9.72. The normalized spacial score (nSPS) is 26.8. The Morgan fingerprint density at radius 3 is 2.67 bits per heavy atom. The summed E-state index contributed by atoms with van der Waals surface area (Å²) in [5.41, 5.74) is 2.44. The van der Waals surface area contributed by atoms with Gasteiger partial charge < -0.3 is 54.4 Å². The van der Waals surface area contributed by atoms with E-state index in [9.17, 15) is 35.1 Å². The third kappa shape index (κ3) is 6.24. The predicted molar refractivity (Wildman–Crippen MR) is 207 cm³/mol. The highest BCUT2D eigenvalue weighted by molar-refractivity contribution is 6.12. The van der Waals surface area contributed by atoms with Crippen LogP contribution in [0.15, 0.2) is 66.9 Å². The number of nitrogens with one attached hydrogen (secondary N) is 1. The van der Waals surface area contributed by atoms with Crippen LogP contribution in [0.5, 0.6) is 17.2 Å². The maximum absolute atomic E-state index is 14.6. The van der Waals surface area contributed by atoms with Crippen molar-refractivity contribution in [1.82, 2.24) is 9.88 Å². The van der Waals surface area contributed by atoms with Gasteiger partial charge in [-0.05, 0) is 77.8 Å². The van der Waals surface area contributed by atoms with E-state index in [4.69, 9.17) is 18.9 Å². The van der Waals surface area contributed by atoms with E-state index in [1.165, 1.54) is 18.1 Å². The van der Waals surface area contributed by atoms with E-state index in [0.717, 1.165) is 58.8 Å². The number of nitrogens with zero attached hydrogens (tertiary/aromatic N) is 1. The number of hydrogen-bond acceptors (Lipinski definition) is 11. The summed E-state index contributed by atoms with van der Waals surface area (Å²) in [6, 6.07) is 18.2. The van der Waals surface area contributed by atoms with Crippen LogP contribution < -0.4 is 9.47 Å². The van der Waals surface area contributed by atoms with E-state index >= 15 is 0 Å². The number of benzene rings is 4. The molecule has 3 heterocycles. The van der Waals surface area contributed by atoms with Crippen LogP contribution in [0.2, 0.25) is 0 Å². The standard InChI is InChI=1S/C44H46N2O11/c1-54-26-15-31-30-14-13-23-8-6-11-28(23)36(30)38(33(48)19-46-18-24-7-2-3-10-29(24)42(46)52)40(50)37(31)34(16-26)56-43-44(53,22-47)41(51)39(49)35(57-43)21-55-20-25-17-45-32-12-5-4-9-27(25)32/h2-5,7,9-10,12,15-17,23,28,35,39,41,43,45,47,49-51,53H,6,8,11,13-14,18-22H2,1H3/t23-,28-,35-,39-,41+,43+,44-/m1/s1. The van der Waals surface area contributed by atoms with Gasteiger partial charge in [-0.2, -0.15) is 0 Å². The molecule has 4 aliphatic rings. The second-order valence-corrected chi connectivity index (χ2v) is 15.8. The zero-order chi connectivity index (χ0) is 39.6. The Bertz CT molecular complexity index is 2380. The summed E-state index contributed by atoms with van der Waals surface area (Å²) in [5.74, 6) is -0.311. The summed E-state index contributed by atoms with van der Waals surface area (Å²) in [4.78, 5) is 32.7. The van der Waals surface area contributed by atoms with Gasteiger partial charge in [0.25, 0.3) is 5.91 Å². The van der Waals surface area contributed by atoms with Crippen molar-refractivity contribution in [2.24, 2.45) is 5.92 Å². The fourth-order valence-corrected chi connectivity index (χ4v) is 9.66. The van der Waals surface area contributed by atoms with Gasteiger partial charge in [0.15, 0.2) is 11.4 Å². The first-order valence-corrected chi connectivity index (χ1v) is 19.5. The Morgan fingerprint density at radius 2 is 1.86 bits per heavy atom. The van der Waals surface area contributed by atoms with Crippen LogP contribution in [-0.2, 0) is 29.0 Å². The summed E-state index contributed by atoms with van der Waals surface area (Å²) in [7, 11) is 1.48. The maximum Gasteiger partial charge on any atom is 0.254 e. The average molecular weight is 779 g/mol. The molecule has 0 spiro atoms. The Labute approximate surface area is 328 Å². The topological polar surface area (TPSA) is 191 Å². The summed E-state index contributed by atoms with van der Waals surface area (Å²) >= 11 is 0. The van der Waals surface area contributed by atoms with Crippen LogP contribution in [-0.4, -0.2) is 104 Å². The number of phenolic OH excluding ortho intramolecular Hbond substituents is 1. The van der Waals surface area contributed by atoms with Gasteiger partial charge in [0.05, 0.1) is 44.4 Å². The molecule has 13 heteroatoms. The quantitative estimate of drug-likeness (QED) is 0.104. The maximum atomic E-state index is 14.6. The SMILES string of the molecule is COc1cc(O[C@H]2O[C@H](COCc3c[nH]c4ccccc34)[C@@H](O)[C@H](O)[C@]2(O)CO)c2c(O)c(C(=O)CN3Cc4ccccc4C3=O)c3c(c2c1)CC[C@H]1CCC[C@@H]31. The average Bonchev–Trinajstić information content (AvgIpc) is 3.96. The molecule has 2 fully saturated rings. The molecule has 1 aromatic heterocycles. The number of phenols is 1. The number of carbonyl (C=O) groups excluding carboxylic acids is 2. The zero-order valence-corrected chi connectivity index (χ0v) is 31.5. The van der Waals surface area contributed by atoms with Crippen molar-refractivity contribution in [1.29, 1.82) is 0 Å². The monoisotopic (exact) mass is 778 g/mol. The van der Waals surface area contributed by atoms with Gasteiger partial charge in [0, 0.05) is 40.8 Å². The molecule has 0 bridgehead atoms. The Hall–Kier alpha value is -5.02. The van der Waals surface area contributed by atoms with Crippen molar-refractivity contribution in [3.05, 3.63) is 100 Å². The molecule has 0 radical (unpaired) electrons. The first-order chi connectivity index (χ1) is 27.6.